The second-order valence-electron chi connectivity index (χ2n) is 6.03. The van der Waals surface area contributed by atoms with Gasteiger partial charge in [0.1, 0.15) is 6.61 Å². The number of amides is 2. The number of ether oxygens (including phenoxy) is 1. The Morgan fingerprint density at radius 1 is 1.36 bits per heavy atom. The number of carbonyl (C=O) groups excluding carboxylic acids is 2. The number of rotatable bonds is 3. The Morgan fingerprint density at radius 3 is 2.77 bits per heavy atom. The Bertz CT molecular complexity index is 594. The first-order chi connectivity index (χ1) is 10.5. The van der Waals surface area contributed by atoms with Gasteiger partial charge < -0.3 is 10.5 Å². The lowest BCUT2D eigenvalue weighted by molar-refractivity contribution is -0.119. The van der Waals surface area contributed by atoms with E-state index in [4.69, 9.17) is 10.5 Å². The van der Waals surface area contributed by atoms with Gasteiger partial charge in [0, 0.05) is 24.7 Å². The SMILES string of the molecule is Cc1ccc2c(c1)COC(=O)N2C1CCN(CC(N)=O)CC1. The number of hydrogen-bond donors (Lipinski definition) is 1. The summed E-state index contributed by atoms with van der Waals surface area (Å²) in [7, 11) is 0. The second kappa shape index (κ2) is 5.96. The predicted octanol–water partition coefficient (Wildman–Crippen LogP) is 1.40. The maximum absolute atomic E-state index is 12.2. The lowest BCUT2D eigenvalue weighted by Crippen LogP contribution is -2.50. The number of piperidine rings is 1. The standard InChI is InChI=1S/C16H21N3O3/c1-11-2-3-14-12(8-11)10-22-16(21)19(14)13-4-6-18(7-5-13)9-15(17)20/h2-3,8,13H,4-7,9-10H2,1H3,(H2,17,20). The number of cyclic esters (lactones) is 1. The minimum atomic E-state index is -0.309. The summed E-state index contributed by atoms with van der Waals surface area (Å²) in [5, 5.41) is 0. The van der Waals surface area contributed by atoms with Crippen LogP contribution >= 0.6 is 0 Å². The number of fused-ring (bicyclic) bond motifs is 1. The van der Waals surface area contributed by atoms with Crippen molar-refractivity contribution < 1.29 is 14.3 Å². The summed E-state index contributed by atoms with van der Waals surface area (Å²) in [6.45, 7) is 4.18. The van der Waals surface area contributed by atoms with Crippen molar-refractivity contribution >= 4 is 17.7 Å². The second-order valence-corrected chi connectivity index (χ2v) is 6.03. The number of hydrogen-bond acceptors (Lipinski definition) is 4. The number of benzene rings is 1. The first-order valence-corrected chi connectivity index (χ1v) is 7.61. The maximum atomic E-state index is 12.2. The molecule has 2 N–H and O–H groups in total. The van der Waals surface area contributed by atoms with E-state index < -0.39 is 0 Å². The summed E-state index contributed by atoms with van der Waals surface area (Å²) in [6.07, 6.45) is 1.36. The Morgan fingerprint density at radius 2 is 2.09 bits per heavy atom. The van der Waals surface area contributed by atoms with Gasteiger partial charge in [-0.05, 0) is 25.8 Å². The van der Waals surface area contributed by atoms with E-state index in [9.17, 15) is 9.59 Å². The fraction of sp³-hybridized carbons (Fsp3) is 0.500. The number of primary amides is 1. The Hall–Kier alpha value is -2.08. The molecule has 1 saturated heterocycles. The zero-order chi connectivity index (χ0) is 15.7. The molecule has 22 heavy (non-hydrogen) atoms. The molecule has 2 aliphatic rings. The predicted molar refractivity (Wildman–Crippen MR) is 82.5 cm³/mol. The molecule has 0 bridgehead atoms. The smallest absolute Gasteiger partial charge is 0.414 e. The van der Waals surface area contributed by atoms with Gasteiger partial charge in [-0.2, -0.15) is 0 Å². The number of nitrogens with two attached hydrogens (primary N) is 1. The van der Waals surface area contributed by atoms with Crippen molar-refractivity contribution in [3.63, 3.8) is 0 Å². The number of likely N-dealkylation sites (tertiary alicyclic amines) is 1. The highest BCUT2D eigenvalue weighted by molar-refractivity contribution is 5.91. The van der Waals surface area contributed by atoms with Gasteiger partial charge in [0.05, 0.1) is 12.2 Å². The van der Waals surface area contributed by atoms with Crippen LogP contribution in [0.25, 0.3) is 0 Å². The quantitative estimate of drug-likeness (QED) is 0.916. The highest BCUT2D eigenvalue weighted by Gasteiger charge is 2.34. The van der Waals surface area contributed by atoms with E-state index in [-0.39, 0.29) is 24.6 Å². The topological polar surface area (TPSA) is 75.9 Å². The third kappa shape index (κ3) is 2.92. The molecule has 0 radical (unpaired) electrons. The molecule has 118 valence electrons. The van der Waals surface area contributed by atoms with Gasteiger partial charge in [-0.15, -0.1) is 0 Å². The van der Waals surface area contributed by atoms with Crippen molar-refractivity contribution in [2.75, 3.05) is 24.5 Å². The van der Waals surface area contributed by atoms with E-state index in [2.05, 4.69) is 6.07 Å². The molecular formula is C16H21N3O3. The zero-order valence-electron chi connectivity index (χ0n) is 12.7. The average molecular weight is 303 g/mol. The van der Waals surface area contributed by atoms with E-state index in [0.29, 0.717) is 6.61 Å². The van der Waals surface area contributed by atoms with E-state index >= 15 is 0 Å². The molecule has 1 fully saturated rings. The van der Waals surface area contributed by atoms with Crippen LogP contribution in [0, 0.1) is 6.92 Å². The van der Waals surface area contributed by atoms with Gasteiger partial charge in [-0.3, -0.25) is 14.6 Å². The van der Waals surface area contributed by atoms with E-state index in [1.165, 1.54) is 0 Å². The number of aryl methyl sites for hydroxylation is 1. The minimum Gasteiger partial charge on any atom is -0.444 e. The van der Waals surface area contributed by atoms with Gasteiger partial charge in [0.25, 0.3) is 0 Å². The summed E-state index contributed by atoms with van der Waals surface area (Å²) >= 11 is 0. The molecule has 1 aromatic rings. The first kappa shape index (κ1) is 14.8. The van der Waals surface area contributed by atoms with Crippen LogP contribution in [0.3, 0.4) is 0 Å². The molecule has 0 spiro atoms. The van der Waals surface area contributed by atoms with Crippen LogP contribution in [0.1, 0.15) is 24.0 Å². The summed E-state index contributed by atoms with van der Waals surface area (Å²) < 4.78 is 5.32. The van der Waals surface area contributed by atoms with Crippen LogP contribution < -0.4 is 10.6 Å². The Labute approximate surface area is 129 Å². The molecule has 0 aromatic heterocycles. The molecule has 0 saturated carbocycles. The van der Waals surface area contributed by atoms with E-state index in [1.807, 2.05) is 24.0 Å². The monoisotopic (exact) mass is 303 g/mol. The third-order valence-corrected chi connectivity index (χ3v) is 4.34. The maximum Gasteiger partial charge on any atom is 0.414 e. The summed E-state index contributed by atoms with van der Waals surface area (Å²) in [5.41, 5.74) is 8.40. The van der Waals surface area contributed by atoms with Crippen molar-refractivity contribution in [1.82, 2.24) is 4.90 Å². The van der Waals surface area contributed by atoms with Crippen LogP contribution in [-0.4, -0.2) is 42.6 Å². The largest absolute Gasteiger partial charge is 0.444 e. The van der Waals surface area contributed by atoms with Gasteiger partial charge in [-0.1, -0.05) is 17.7 Å². The minimum absolute atomic E-state index is 0.110. The number of nitrogens with zero attached hydrogens (tertiary/aromatic N) is 2. The molecule has 0 unspecified atom stereocenters. The van der Waals surface area contributed by atoms with Gasteiger partial charge >= 0.3 is 6.09 Å². The summed E-state index contributed by atoms with van der Waals surface area (Å²) in [6, 6.07) is 6.20. The fourth-order valence-corrected chi connectivity index (χ4v) is 3.27. The fourth-order valence-electron chi connectivity index (χ4n) is 3.27. The van der Waals surface area contributed by atoms with Crippen LogP contribution in [0.15, 0.2) is 18.2 Å². The highest BCUT2D eigenvalue weighted by atomic mass is 16.6. The van der Waals surface area contributed by atoms with Gasteiger partial charge in [-0.25, -0.2) is 4.79 Å². The van der Waals surface area contributed by atoms with Crippen LogP contribution in [0.2, 0.25) is 0 Å². The summed E-state index contributed by atoms with van der Waals surface area (Å²) in [5.74, 6) is -0.309. The lowest BCUT2D eigenvalue weighted by atomic mass is 10.00. The number of anilines is 1. The Balaban J connectivity index is 1.75. The molecule has 2 amide bonds. The van der Waals surface area contributed by atoms with Crippen molar-refractivity contribution in [1.29, 1.82) is 0 Å². The lowest BCUT2D eigenvalue weighted by Gasteiger charge is -2.40. The highest BCUT2D eigenvalue weighted by Crippen LogP contribution is 2.32. The van der Waals surface area contributed by atoms with Crippen LogP contribution in [0.4, 0.5) is 10.5 Å². The van der Waals surface area contributed by atoms with E-state index in [0.717, 1.165) is 42.7 Å². The molecule has 3 rings (SSSR count). The van der Waals surface area contributed by atoms with Crippen molar-refractivity contribution in [3.05, 3.63) is 29.3 Å². The molecule has 1 aromatic carbocycles. The molecule has 2 heterocycles. The average Bonchev–Trinajstić information content (AvgIpc) is 2.48. The molecule has 6 nitrogen and oxygen atoms in total. The molecule has 2 aliphatic heterocycles. The Kier molecular flexibility index (Phi) is 4.02. The molecule has 0 atom stereocenters. The summed E-state index contributed by atoms with van der Waals surface area (Å²) in [4.78, 5) is 27.0. The van der Waals surface area contributed by atoms with Crippen molar-refractivity contribution in [2.24, 2.45) is 5.73 Å². The van der Waals surface area contributed by atoms with Crippen LogP contribution in [-0.2, 0) is 16.1 Å². The van der Waals surface area contributed by atoms with Crippen LogP contribution in [0.5, 0.6) is 0 Å². The molecular weight excluding hydrogens is 282 g/mol. The molecule has 6 heteroatoms. The normalized spacial score (nSPS) is 19.7. The van der Waals surface area contributed by atoms with Gasteiger partial charge in [0.2, 0.25) is 5.91 Å². The van der Waals surface area contributed by atoms with Gasteiger partial charge in [0.15, 0.2) is 0 Å². The van der Waals surface area contributed by atoms with Crippen molar-refractivity contribution in [3.8, 4) is 0 Å². The van der Waals surface area contributed by atoms with E-state index in [1.54, 1.807) is 4.90 Å². The molecule has 0 aliphatic carbocycles. The van der Waals surface area contributed by atoms with Crippen molar-refractivity contribution in [2.45, 2.75) is 32.4 Å². The zero-order valence-corrected chi connectivity index (χ0v) is 12.7. The number of carbonyl (C=O) groups is 2. The third-order valence-electron chi connectivity index (χ3n) is 4.34. The first-order valence-electron chi connectivity index (χ1n) is 7.61.